The highest BCUT2D eigenvalue weighted by Gasteiger charge is 2.20. The van der Waals surface area contributed by atoms with Crippen LogP contribution in [0.25, 0.3) is 44.2 Å². The van der Waals surface area contributed by atoms with Crippen LogP contribution < -0.4 is 4.74 Å². The predicted molar refractivity (Wildman–Crippen MR) is 199 cm³/mol. The largest absolute Gasteiger partial charge is 0.494 e. The zero-order valence-corrected chi connectivity index (χ0v) is 27.5. The number of nitrogens with zero attached hydrogens (tertiary/aromatic N) is 1. The summed E-state index contributed by atoms with van der Waals surface area (Å²) in [6.45, 7) is 5.56. The number of carbonyl (C=O) groups excluding carboxylic acids is 1. The van der Waals surface area contributed by atoms with E-state index in [2.05, 4.69) is 115 Å². The van der Waals surface area contributed by atoms with Gasteiger partial charge in [-0.15, -0.1) is 0 Å². The third-order valence-electron chi connectivity index (χ3n) is 8.89. The van der Waals surface area contributed by atoms with Gasteiger partial charge in [0.2, 0.25) is 0 Å². The zero-order chi connectivity index (χ0) is 32.9. The van der Waals surface area contributed by atoms with Gasteiger partial charge in [0, 0.05) is 21.8 Å². The van der Waals surface area contributed by atoms with Gasteiger partial charge in [-0.25, -0.2) is 4.79 Å². The maximum atomic E-state index is 14.0. The molecule has 0 atom stereocenters. The van der Waals surface area contributed by atoms with E-state index < -0.39 is 0 Å². The number of hydrogen-bond donors (Lipinski definition) is 0. The molecule has 0 aliphatic heterocycles. The average molecular weight is 630 g/mol. The lowest BCUT2D eigenvalue weighted by Gasteiger charge is -2.17. The molecule has 238 valence electrons. The van der Waals surface area contributed by atoms with Crippen LogP contribution in [-0.2, 0) is 11.3 Å². The Morgan fingerprint density at radius 3 is 2.00 bits per heavy atom. The molecule has 0 bridgehead atoms. The summed E-state index contributed by atoms with van der Waals surface area (Å²) < 4.78 is 14.5. The summed E-state index contributed by atoms with van der Waals surface area (Å²) in [7, 11) is 0. The van der Waals surface area contributed by atoms with Crippen molar-refractivity contribution in [2.75, 3.05) is 13.2 Å². The molecule has 0 fully saturated rings. The number of hydrogen-bond acceptors (Lipinski definition) is 3. The van der Waals surface area contributed by atoms with Crippen molar-refractivity contribution in [2.24, 2.45) is 0 Å². The Labute approximate surface area is 281 Å². The normalized spacial score (nSPS) is 11.8. The fourth-order valence-electron chi connectivity index (χ4n) is 6.83. The van der Waals surface area contributed by atoms with Crippen LogP contribution in [0.4, 0.5) is 0 Å². The Kier molecular flexibility index (Phi) is 9.06. The number of benzene rings is 6. The molecule has 0 saturated carbocycles. The first-order valence-corrected chi connectivity index (χ1v) is 16.7. The molecular formula is C44H39NO3. The average Bonchev–Trinajstić information content (AvgIpc) is 3.42. The number of para-hydroxylation sites is 2. The molecule has 0 radical (unpaired) electrons. The lowest BCUT2D eigenvalue weighted by atomic mass is 9.89. The van der Waals surface area contributed by atoms with E-state index >= 15 is 0 Å². The van der Waals surface area contributed by atoms with Gasteiger partial charge in [-0.3, -0.25) is 0 Å². The topological polar surface area (TPSA) is 40.5 Å². The number of rotatable bonds is 11. The van der Waals surface area contributed by atoms with E-state index in [9.17, 15) is 4.79 Å². The Morgan fingerprint density at radius 2 is 1.29 bits per heavy atom. The molecule has 0 aliphatic carbocycles. The number of ether oxygens (including phenoxy) is 2. The number of esters is 1. The second-order valence-corrected chi connectivity index (χ2v) is 12.4. The van der Waals surface area contributed by atoms with Gasteiger partial charge in [0.15, 0.2) is 0 Å². The summed E-state index contributed by atoms with van der Waals surface area (Å²) in [6, 6.07) is 45.6. The highest BCUT2D eigenvalue weighted by Crippen LogP contribution is 2.34. The van der Waals surface area contributed by atoms with Crippen molar-refractivity contribution in [1.82, 2.24) is 4.57 Å². The molecule has 0 N–H and O–H groups in total. The molecule has 0 aliphatic rings. The number of carbonyl (C=O) groups is 1. The van der Waals surface area contributed by atoms with Gasteiger partial charge in [-0.1, -0.05) is 109 Å². The second kappa shape index (κ2) is 14.0. The van der Waals surface area contributed by atoms with E-state index in [1.807, 2.05) is 42.5 Å². The van der Waals surface area contributed by atoms with Crippen molar-refractivity contribution in [3.8, 4) is 5.75 Å². The first-order valence-electron chi connectivity index (χ1n) is 16.7. The van der Waals surface area contributed by atoms with Crippen LogP contribution in [0.2, 0.25) is 0 Å². The molecule has 1 heterocycles. The Balaban J connectivity index is 1.18. The van der Waals surface area contributed by atoms with Crippen LogP contribution >= 0.6 is 0 Å². The summed E-state index contributed by atoms with van der Waals surface area (Å²) in [6.07, 6.45) is 3.72. The van der Waals surface area contributed by atoms with Crippen molar-refractivity contribution < 1.29 is 14.3 Å². The van der Waals surface area contributed by atoms with Gasteiger partial charge >= 0.3 is 5.97 Å². The highest BCUT2D eigenvalue weighted by atomic mass is 16.5. The number of aryl methyl sites for hydroxylation is 2. The van der Waals surface area contributed by atoms with Crippen LogP contribution in [0, 0.1) is 13.8 Å². The lowest BCUT2D eigenvalue weighted by Crippen LogP contribution is -2.13. The van der Waals surface area contributed by atoms with E-state index in [0.29, 0.717) is 18.7 Å². The summed E-state index contributed by atoms with van der Waals surface area (Å²) in [5, 5.41) is 4.52. The van der Waals surface area contributed by atoms with E-state index in [0.717, 1.165) is 57.1 Å². The molecule has 0 saturated heterocycles. The van der Waals surface area contributed by atoms with Crippen molar-refractivity contribution in [3.63, 3.8) is 0 Å². The predicted octanol–water partition coefficient (Wildman–Crippen LogP) is 10.8. The summed E-state index contributed by atoms with van der Waals surface area (Å²) in [4.78, 5) is 14.0. The number of aromatic nitrogens is 1. The molecule has 0 spiro atoms. The standard InChI is InChI=1S/C44H39NO3/c1-31-27-32(2)29-36(28-31)47-25-12-16-35(30-33-13-4-3-5-14-33)43-37-17-7-6-15-34(37)22-23-40(43)44(46)48-26-24-45-41-20-10-8-18-38(41)39-19-9-11-21-42(39)45/h3-11,13-15,17-23,27-30H,12,16,24-26H2,1-2H3/b35-30-. The summed E-state index contributed by atoms with van der Waals surface area (Å²) in [5.41, 5.74) is 8.31. The fraction of sp³-hybridized carbons (Fsp3) is 0.159. The molecule has 48 heavy (non-hydrogen) atoms. The molecule has 0 unspecified atom stereocenters. The fourth-order valence-corrected chi connectivity index (χ4v) is 6.83. The lowest BCUT2D eigenvalue weighted by molar-refractivity contribution is 0.0493. The minimum absolute atomic E-state index is 0.259. The van der Waals surface area contributed by atoms with E-state index in [1.54, 1.807) is 0 Å². The summed E-state index contributed by atoms with van der Waals surface area (Å²) >= 11 is 0. The Hall–Kier alpha value is -5.61. The summed E-state index contributed by atoms with van der Waals surface area (Å²) in [5.74, 6) is 0.570. The minimum Gasteiger partial charge on any atom is -0.494 e. The van der Waals surface area contributed by atoms with Crippen molar-refractivity contribution in [3.05, 3.63) is 161 Å². The van der Waals surface area contributed by atoms with Crippen LogP contribution in [-0.4, -0.2) is 23.8 Å². The van der Waals surface area contributed by atoms with Gasteiger partial charge in [0.25, 0.3) is 0 Å². The van der Waals surface area contributed by atoms with Crippen molar-refractivity contribution in [1.29, 1.82) is 0 Å². The quantitative estimate of drug-likeness (QED) is 0.0812. The molecule has 7 aromatic rings. The smallest absolute Gasteiger partial charge is 0.338 e. The minimum atomic E-state index is -0.318. The monoisotopic (exact) mass is 629 g/mol. The van der Waals surface area contributed by atoms with Gasteiger partial charge < -0.3 is 14.0 Å². The van der Waals surface area contributed by atoms with Crippen molar-refractivity contribution in [2.45, 2.75) is 33.2 Å². The van der Waals surface area contributed by atoms with E-state index in [4.69, 9.17) is 9.47 Å². The third-order valence-corrected chi connectivity index (χ3v) is 8.89. The van der Waals surface area contributed by atoms with Gasteiger partial charge in [0.05, 0.1) is 18.7 Å². The Morgan fingerprint density at radius 1 is 0.667 bits per heavy atom. The third kappa shape index (κ3) is 6.61. The van der Waals surface area contributed by atoms with Gasteiger partial charge in [0.1, 0.15) is 12.4 Å². The first kappa shape index (κ1) is 31.0. The van der Waals surface area contributed by atoms with Crippen LogP contribution in [0.15, 0.2) is 133 Å². The van der Waals surface area contributed by atoms with Crippen molar-refractivity contribution >= 4 is 50.2 Å². The maximum absolute atomic E-state index is 14.0. The molecule has 6 aromatic carbocycles. The van der Waals surface area contributed by atoms with Crippen LogP contribution in [0.1, 0.15) is 45.5 Å². The van der Waals surface area contributed by atoms with Gasteiger partial charge in [-0.05, 0) is 95.6 Å². The van der Waals surface area contributed by atoms with Crippen LogP contribution in [0.3, 0.4) is 0 Å². The number of allylic oxidation sites excluding steroid dienone is 1. The Bertz CT molecular complexity index is 2190. The first-order chi connectivity index (χ1) is 23.5. The number of fused-ring (bicyclic) bond motifs is 4. The van der Waals surface area contributed by atoms with E-state index in [-0.39, 0.29) is 12.6 Å². The van der Waals surface area contributed by atoms with E-state index in [1.165, 1.54) is 21.9 Å². The zero-order valence-electron chi connectivity index (χ0n) is 27.5. The maximum Gasteiger partial charge on any atom is 0.338 e. The second-order valence-electron chi connectivity index (χ2n) is 12.4. The molecule has 0 amide bonds. The molecule has 4 heteroatoms. The molecule has 4 nitrogen and oxygen atoms in total. The SMILES string of the molecule is Cc1cc(C)cc(OCCC/C(=C/c2ccccc2)c2c(C(=O)OCCn3c4ccccc4c4ccccc43)ccc3ccccc23)c1. The molecular weight excluding hydrogens is 590 g/mol. The highest BCUT2D eigenvalue weighted by molar-refractivity contribution is 6.08. The van der Waals surface area contributed by atoms with Crippen LogP contribution in [0.5, 0.6) is 5.75 Å². The molecule has 7 rings (SSSR count). The molecule has 1 aromatic heterocycles. The van der Waals surface area contributed by atoms with Gasteiger partial charge in [-0.2, -0.15) is 0 Å².